The van der Waals surface area contributed by atoms with Crippen LogP contribution in [0, 0.1) is 5.82 Å². The van der Waals surface area contributed by atoms with Crippen molar-refractivity contribution in [2.24, 2.45) is 0 Å². The molecule has 1 aromatic carbocycles. The lowest BCUT2D eigenvalue weighted by molar-refractivity contribution is 0.611. The van der Waals surface area contributed by atoms with E-state index in [2.05, 4.69) is 10.1 Å². The molecule has 3 aromatic rings. The van der Waals surface area contributed by atoms with Gasteiger partial charge in [0, 0.05) is 18.0 Å². The van der Waals surface area contributed by atoms with Crippen LogP contribution in [0.3, 0.4) is 0 Å². The van der Waals surface area contributed by atoms with Crippen molar-refractivity contribution in [1.82, 2.24) is 14.8 Å². The number of benzene rings is 1. The first-order valence-corrected chi connectivity index (χ1v) is 5.55. The number of para-hydroxylation sites is 1. The van der Waals surface area contributed by atoms with Crippen LogP contribution in [-0.2, 0) is 0 Å². The molecule has 0 saturated heterocycles. The third-order valence-electron chi connectivity index (χ3n) is 2.64. The minimum absolute atomic E-state index is 0.298. The van der Waals surface area contributed by atoms with Gasteiger partial charge < -0.3 is 0 Å². The minimum Gasteiger partial charge on any atom is -0.256 e. The fourth-order valence-corrected chi connectivity index (χ4v) is 1.76. The molecule has 88 valence electrons. The molecule has 0 radical (unpaired) electrons. The number of hydrogen-bond donors (Lipinski definition) is 0. The first-order valence-electron chi connectivity index (χ1n) is 5.55. The fourth-order valence-electron chi connectivity index (χ4n) is 1.76. The summed E-state index contributed by atoms with van der Waals surface area (Å²) < 4.78 is 15.1. The first kappa shape index (κ1) is 10.7. The van der Waals surface area contributed by atoms with Crippen LogP contribution >= 0.6 is 0 Å². The van der Waals surface area contributed by atoms with E-state index in [1.165, 1.54) is 10.7 Å². The average Bonchev–Trinajstić information content (AvgIpc) is 2.90. The summed E-state index contributed by atoms with van der Waals surface area (Å²) >= 11 is 0. The Morgan fingerprint density at radius 2 is 1.83 bits per heavy atom. The largest absolute Gasteiger partial charge is 0.256 e. The molecule has 0 N–H and O–H groups in total. The summed E-state index contributed by atoms with van der Waals surface area (Å²) in [5.41, 5.74) is 2.11. The molecule has 0 bridgehead atoms. The fraction of sp³-hybridized carbons (Fsp3) is 0. The van der Waals surface area contributed by atoms with Gasteiger partial charge in [-0.3, -0.25) is 4.98 Å². The molecule has 0 fully saturated rings. The highest BCUT2D eigenvalue weighted by atomic mass is 19.1. The van der Waals surface area contributed by atoms with Gasteiger partial charge in [0.25, 0.3) is 0 Å². The highest BCUT2D eigenvalue weighted by molar-refractivity contribution is 5.57. The predicted octanol–water partition coefficient (Wildman–Crippen LogP) is 3.07. The van der Waals surface area contributed by atoms with Crippen LogP contribution in [0.25, 0.3) is 16.9 Å². The lowest BCUT2D eigenvalue weighted by Gasteiger charge is -2.01. The molecule has 0 unspecified atom stereocenters. The summed E-state index contributed by atoms with van der Waals surface area (Å²) in [6, 6.07) is 12.2. The van der Waals surface area contributed by atoms with Crippen LogP contribution in [0.5, 0.6) is 0 Å². The monoisotopic (exact) mass is 239 g/mol. The number of halogens is 1. The molecule has 0 amide bonds. The number of hydrogen-bond acceptors (Lipinski definition) is 2. The molecule has 0 spiro atoms. The highest BCUT2D eigenvalue weighted by Gasteiger charge is 2.07. The summed E-state index contributed by atoms with van der Waals surface area (Å²) in [6.07, 6.45) is 5.16. The Hall–Kier alpha value is -2.49. The Labute approximate surface area is 104 Å². The zero-order chi connectivity index (χ0) is 12.4. The standard InChI is InChI=1S/C14H10FN3/c15-12-5-1-2-7-14(12)18-10-11(9-17-18)13-6-3-4-8-16-13/h1-10H. The van der Waals surface area contributed by atoms with Gasteiger partial charge in [-0.2, -0.15) is 5.10 Å². The Bertz CT molecular complexity index is 662. The molecule has 2 aromatic heterocycles. The lowest BCUT2D eigenvalue weighted by atomic mass is 10.2. The maximum absolute atomic E-state index is 13.6. The van der Waals surface area contributed by atoms with E-state index in [9.17, 15) is 4.39 Å². The molecule has 4 heteroatoms. The van der Waals surface area contributed by atoms with Gasteiger partial charge in [0.1, 0.15) is 11.5 Å². The molecule has 3 rings (SSSR count). The zero-order valence-electron chi connectivity index (χ0n) is 9.49. The number of aromatic nitrogens is 3. The molecule has 3 nitrogen and oxygen atoms in total. The second-order valence-electron chi connectivity index (χ2n) is 3.84. The molecule has 2 heterocycles. The van der Waals surface area contributed by atoms with E-state index in [1.54, 1.807) is 36.8 Å². The number of rotatable bonds is 2. The molecule has 18 heavy (non-hydrogen) atoms. The Balaban J connectivity index is 2.03. The molecule has 0 saturated carbocycles. The van der Waals surface area contributed by atoms with Gasteiger partial charge in [0.2, 0.25) is 0 Å². The van der Waals surface area contributed by atoms with Crippen molar-refractivity contribution in [1.29, 1.82) is 0 Å². The van der Waals surface area contributed by atoms with Crippen LogP contribution in [0.4, 0.5) is 4.39 Å². The minimum atomic E-state index is -0.298. The van der Waals surface area contributed by atoms with Gasteiger partial charge in [-0.1, -0.05) is 18.2 Å². The summed E-state index contributed by atoms with van der Waals surface area (Å²) in [7, 11) is 0. The Kier molecular flexibility index (Phi) is 2.61. The van der Waals surface area contributed by atoms with E-state index in [1.807, 2.05) is 18.2 Å². The number of pyridine rings is 1. The van der Waals surface area contributed by atoms with E-state index in [0.717, 1.165) is 11.3 Å². The molecular weight excluding hydrogens is 229 g/mol. The van der Waals surface area contributed by atoms with E-state index >= 15 is 0 Å². The van der Waals surface area contributed by atoms with Crippen molar-refractivity contribution in [3.05, 3.63) is 66.9 Å². The number of nitrogens with zero attached hydrogens (tertiary/aromatic N) is 3. The first-order chi connectivity index (χ1) is 8.84. The van der Waals surface area contributed by atoms with Crippen molar-refractivity contribution in [2.45, 2.75) is 0 Å². The van der Waals surface area contributed by atoms with Gasteiger partial charge in [-0.25, -0.2) is 9.07 Å². The average molecular weight is 239 g/mol. The van der Waals surface area contributed by atoms with Crippen molar-refractivity contribution in [3.8, 4) is 16.9 Å². The van der Waals surface area contributed by atoms with E-state index in [-0.39, 0.29) is 5.82 Å². The van der Waals surface area contributed by atoms with Crippen molar-refractivity contribution in [3.63, 3.8) is 0 Å². The smallest absolute Gasteiger partial charge is 0.148 e. The zero-order valence-corrected chi connectivity index (χ0v) is 9.49. The quantitative estimate of drug-likeness (QED) is 0.688. The maximum atomic E-state index is 13.6. The van der Waals surface area contributed by atoms with Crippen LogP contribution in [0.2, 0.25) is 0 Å². The van der Waals surface area contributed by atoms with Gasteiger partial charge in [-0.15, -0.1) is 0 Å². The van der Waals surface area contributed by atoms with Gasteiger partial charge in [0.05, 0.1) is 11.9 Å². The van der Waals surface area contributed by atoms with E-state index < -0.39 is 0 Å². The molecule has 0 atom stereocenters. The van der Waals surface area contributed by atoms with Crippen LogP contribution in [0.1, 0.15) is 0 Å². The van der Waals surface area contributed by atoms with E-state index in [4.69, 9.17) is 0 Å². The molecular formula is C14H10FN3. The Morgan fingerprint density at radius 3 is 2.61 bits per heavy atom. The van der Waals surface area contributed by atoms with Crippen molar-refractivity contribution < 1.29 is 4.39 Å². The molecule has 0 aliphatic rings. The van der Waals surface area contributed by atoms with Crippen molar-refractivity contribution >= 4 is 0 Å². The third kappa shape index (κ3) is 1.88. The summed E-state index contributed by atoms with van der Waals surface area (Å²) in [6.45, 7) is 0. The van der Waals surface area contributed by atoms with Crippen LogP contribution < -0.4 is 0 Å². The summed E-state index contributed by atoms with van der Waals surface area (Å²) in [5, 5.41) is 4.16. The lowest BCUT2D eigenvalue weighted by Crippen LogP contribution is -1.96. The molecule has 0 aliphatic heterocycles. The Morgan fingerprint density at radius 1 is 1.00 bits per heavy atom. The van der Waals surface area contributed by atoms with Gasteiger partial charge >= 0.3 is 0 Å². The third-order valence-corrected chi connectivity index (χ3v) is 2.64. The molecule has 0 aliphatic carbocycles. The van der Waals surface area contributed by atoms with Gasteiger partial charge in [-0.05, 0) is 24.3 Å². The van der Waals surface area contributed by atoms with Crippen LogP contribution in [-0.4, -0.2) is 14.8 Å². The second kappa shape index (κ2) is 4.41. The summed E-state index contributed by atoms with van der Waals surface area (Å²) in [5.74, 6) is -0.298. The normalized spacial score (nSPS) is 10.5. The predicted molar refractivity (Wildman–Crippen MR) is 66.8 cm³/mol. The second-order valence-corrected chi connectivity index (χ2v) is 3.84. The van der Waals surface area contributed by atoms with Crippen LogP contribution in [0.15, 0.2) is 61.1 Å². The summed E-state index contributed by atoms with van der Waals surface area (Å²) in [4.78, 5) is 4.23. The SMILES string of the molecule is Fc1ccccc1-n1cc(-c2ccccn2)cn1. The maximum Gasteiger partial charge on any atom is 0.148 e. The van der Waals surface area contributed by atoms with Gasteiger partial charge in [0.15, 0.2) is 0 Å². The highest BCUT2D eigenvalue weighted by Crippen LogP contribution is 2.18. The topological polar surface area (TPSA) is 30.7 Å². The van der Waals surface area contributed by atoms with Crippen molar-refractivity contribution in [2.75, 3.05) is 0 Å². The van der Waals surface area contributed by atoms with E-state index in [0.29, 0.717) is 5.69 Å².